The Morgan fingerprint density at radius 3 is 2.84 bits per heavy atom. The minimum Gasteiger partial charge on any atom is -0.504 e. The van der Waals surface area contributed by atoms with E-state index in [-0.39, 0.29) is 5.75 Å². The van der Waals surface area contributed by atoms with Gasteiger partial charge in [-0.3, -0.25) is 4.68 Å². The van der Waals surface area contributed by atoms with Crippen LogP contribution in [-0.4, -0.2) is 27.0 Å². The molecule has 102 valence electrons. The average molecular weight is 283 g/mol. The van der Waals surface area contributed by atoms with Gasteiger partial charge in [0.25, 0.3) is 0 Å². The number of aryl methyl sites for hydroxylation is 1. The molecular weight excluding hydrogens is 268 g/mol. The fraction of sp³-hybridized carbons (Fsp3) is 0.333. The molecule has 2 N–H and O–H groups in total. The second-order valence-electron chi connectivity index (χ2n) is 4.05. The Kier molecular flexibility index (Phi) is 4.24. The molecule has 2 rings (SSSR count). The maximum Gasteiger partial charge on any atom is 0.164 e. The first-order valence-corrected chi connectivity index (χ1v) is 6.08. The molecule has 6 nitrogen and oxygen atoms in total. The molecule has 0 radical (unpaired) electrons. The van der Waals surface area contributed by atoms with Gasteiger partial charge in [0.05, 0.1) is 13.7 Å². The zero-order valence-corrected chi connectivity index (χ0v) is 11.5. The Bertz CT molecular complexity index is 571. The topological polar surface area (TPSA) is 72.2 Å². The molecule has 1 aromatic heterocycles. The van der Waals surface area contributed by atoms with Crippen LogP contribution in [0.1, 0.15) is 11.4 Å². The molecule has 0 unspecified atom stereocenters. The first-order chi connectivity index (χ1) is 9.10. The molecule has 0 spiro atoms. The predicted molar refractivity (Wildman–Crippen MR) is 71.2 cm³/mol. The highest BCUT2D eigenvalue weighted by atomic mass is 35.5. The lowest BCUT2D eigenvalue weighted by Crippen LogP contribution is -2.14. The second kappa shape index (κ2) is 5.90. The lowest BCUT2D eigenvalue weighted by molar-refractivity contribution is 0.369. The van der Waals surface area contributed by atoms with Gasteiger partial charge < -0.3 is 15.2 Å². The van der Waals surface area contributed by atoms with E-state index in [1.165, 1.54) is 7.11 Å². The maximum atomic E-state index is 9.96. The van der Waals surface area contributed by atoms with E-state index in [0.29, 0.717) is 35.2 Å². The number of nitrogens with one attached hydrogen (secondary N) is 1. The fourth-order valence-electron chi connectivity index (χ4n) is 1.69. The van der Waals surface area contributed by atoms with Gasteiger partial charge in [0.1, 0.15) is 6.33 Å². The highest BCUT2D eigenvalue weighted by molar-refractivity contribution is 6.30. The van der Waals surface area contributed by atoms with Crippen LogP contribution in [-0.2, 0) is 20.1 Å². The van der Waals surface area contributed by atoms with E-state index in [2.05, 4.69) is 15.4 Å². The molecule has 0 saturated carbocycles. The molecule has 0 fully saturated rings. The lowest BCUT2D eigenvalue weighted by Gasteiger charge is -2.10. The van der Waals surface area contributed by atoms with Gasteiger partial charge in [0.2, 0.25) is 0 Å². The Morgan fingerprint density at radius 1 is 1.42 bits per heavy atom. The number of benzene rings is 1. The van der Waals surface area contributed by atoms with E-state index >= 15 is 0 Å². The van der Waals surface area contributed by atoms with Crippen molar-refractivity contribution in [1.29, 1.82) is 0 Å². The van der Waals surface area contributed by atoms with E-state index in [1.54, 1.807) is 23.1 Å². The third-order valence-electron chi connectivity index (χ3n) is 2.58. The molecule has 1 heterocycles. The molecule has 7 heteroatoms. The summed E-state index contributed by atoms with van der Waals surface area (Å²) in [7, 11) is 3.30. The van der Waals surface area contributed by atoms with Crippen molar-refractivity contribution in [3.8, 4) is 11.5 Å². The first kappa shape index (κ1) is 13.6. The largest absolute Gasteiger partial charge is 0.504 e. The van der Waals surface area contributed by atoms with Crippen molar-refractivity contribution in [2.75, 3.05) is 7.11 Å². The summed E-state index contributed by atoms with van der Waals surface area (Å²) in [5.41, 5.74) is 0.667. The van der Waals surface area contributed by atoms with Crippen molar-refractivity contribution < 1.29 is 9.84 Å². The molecule has 0 amide bonds. The quantitative estimate of drug-likeness (QED) is 0.869. The van der Waals surface area contributed by atoms with E-state index in [9.17, 15) is 5.11 Å². The van der Waals surface area contributed by atoms with Gasteiger partial charge in [-0.15, -0.1) is 0 Å². The Balaban J connectivity index is 2.01. The van der Waals surface area contributed by atoms with Crippen molar-refractivity contribution in [1.82, 2.24) is 20.1 Å². The van der Waals surface area contributed by atoms with Crippen molar-refractivity contribution in [3.63, 3.8) is 0 Å². The molecule has 0 aliphatic carbocycles. The standard InChI is InChI=1S/C12H15ClN4O2/c1-17-7-15-11(16-17)6-14-5-8-3-9(13)4-10(19-2)12(8)18/h3-4,7,14,18H,5-6H2,1-2H3. The molecule has 0 bridgehead atoms. The molecule has 0 aliphatic rings. The van der Waals surface area contributed by atoms with Crippen molar-refractivity contribution in [3.05, 3.63) is 34.9 Å². The van der Waals surface area contributed by atoms with Crippen LogP contribution in [0.5, 0.6) is 11.5 Å². The van der Waals surface area contributed by atoms with Gasteiger partial charge in [-0.05, 0) is 6.07 Å². The Hall–Kier alpha value is -1.79. The van der Waals surface area contributed by atoms with Crippen LogP contribution in [0.2, 0.25) is 5.02 Å². The summed E-state index contributed by atoms with van der Waals surface area (Å²) in [6, 6.07) is 3.26. The van der Waals surface area contributed by atoms with E-state index < -0.39 is 0 Å². The van der Waals surface area contributed by atoms with Crippen molar-refractivity contribution in [2.24, 2.45) is 7.05 Å². The van der Waals surface area contributed by atoms with Crippen LogP contribution in [0.4, 0.5) is 0 Å². The highest BCUT2D eigenvalue weighted by Gasteiger charge is 2.10. The predicted octanol–water partition coefficient (Wildman–Crippen LogP) is 1.47. The van der Waals surface area contributed by atoms with Gasteiger partial charge in [-0.1, -0.05) is 11.6 Å². The Labute approximate surface area is 116 Å². The third-order valence-corrected chi connectivity index (χ3v) is 2.80. The number of aromatic hydroxyl groups is 1. The number of phenolic OH excluding ortho intramolecular Hbond substituents is 1. The number of hydrogen-bond acceptors (Lipinski definition) is 5. The van der Waals surface area contributed by atoms with Crippen LogP contribution in [0.3, 0.4) is 0 Å². The first-order valence-electron chi connectivity index (χ1n) is 5.70. The number of rotatable bonds is 5. The second-order valence-corrected chi connectivity index (χ2v) is 4.49. The summed E-state index contributed by atoms with van der Waals surface area (Å²) in [5.74, 6) is 1.14. The molecule has 0 aliphatic heterocycles. The van der Waals surface area contributed by atoms with Crippen molar-refractivity contribution >= 4 is 11.6 Å². The number of hydrogen-bond donors (Lipinski definition) is 2. The van der Waals surface area contributed by atoms with Gasteiger partial charge >= 0.3 is 0 Å². The van der Waals surface area contributed by atoms with E-state index in [4.69, 9.17) is 16.3 Å². The summed E-state index contributed by atoms with van der Waals surface area (Å²) >= 11 is 5.95. The maximum absolute atomic E-state index is 9.96. The summed E-state index contributed by atoms with van der Waals surface area (Å²) in [6.07, 6.45) is 1.64. The number of nitrogens with zero attached hydrogens (tertiary/aromatic N) is 3. The minimum atomic E-state index is 0.0911. The third kappa shape index (κ3) is 3.36. The lowest BCUT2D eigenvalue weighted by atomic mass is 10.2. The molecule has 2 aromatic rings. The molecular formula is C12H15ClN4O2. The van der Waals surface area contributed by atoms with Crippen LogP contribution in [0.25, 0.3) is 0 Å². The number of aromatic nitrogens is 3. The summed E-state index contributed by atoms with van der Waals surface area (Å²) in [5, 5.41) is 17.8. The zero-order chi connectivity index (χ0) is 13.8. The number of halogens is 1. The van der Waals surface area contributed by atoms with Crippen LogP contribution in [0.15, 0.2) is 18.5 Å². The monoisotopic (exact) mass is 282 g/mol. The minimum absolute atomic E-state index is 0.0911. The molecule has 19 heavy (non-hydrogen) atoms. The average Bonchev–Trinajstić information content (AvgIpc) is 2.79. The van der Waals surface area contributed by atoms with Gasteiger partial charge in [-0.25, -0.2) is 4.98 Å². The summed E-state index contributed by atoms with van der Waals surface area (Å²) in [4.78, 5) is 4.10. The van der Waals surface area contributed by atoms with Crippen LogP contribution in [0, 0.1) is 0 Å². The van der Waals surface area contributed by atoms with Crippen LogP contribution < -0.4 is 10.1 Å². The fourth-order valence-corrected chi connectivity index (χ4v) is 1.92. The summed E-state index contributed by atoms with van der Waals surface area (Å²) in [6.45, 7) is 0.954. The van der Waals surface area contributed by atoms with E-state index in [1.807, 2.05) is 7.05 Å². The Morgan fingerprint density at radius 2 is 2.21 bits per heavy atom. The normalized spacial score (nSPS) is 10.7. The smallest absolute Gasteiger partial charge is 0.164 e. The van der Waals surface area contributed by atoms with Crippen LogP contribution >= 0.6 is 11.6 Å². The SMILES string of the molecule is COc1cc(Cl)cc(CNCc2ncn(C)n2)c1O. The van der Waals surface area contributed by atoms with Gasteiger partial charge in [-0.2, -0.15) is 5.10 Å². The number of phenols is 1. The van der Waals surface area contributed by atoms with E-state index in [0.717, 1.165) is 0 Å². The molecule has 0 saturated heterocycles. The zero-order valence-electron chi connectivity index (χ0n) is 10.7. The number of methoxy groups -OCH3 is 1. The number of ether oxygens (including phenoxy) is 1. The van der Waals surface area contributed by atoms with Gasteiger partial charge in [0, 0.05) is 30.2 Å². The van der Waals surface area contributed by atoms with Crippen molar-refractivity contribution in [2.45, 2.75) is 13.1 Å². The molecule has 0 atom stereocenters. The summed E-state index contributed by atoms with van der Waals surface area (Å²) < 4.78 is 6.68. The van der Waals surface area contributed by atoms with Gasteiger partial charge in [0.15, 0.2) is 17.3 Å². The molecule has 1 aromatic carbocycles. The highest BCUT2D eigenvalue weighted by Crippen LogP contribution is 2.33.